The molecule has 0 bridgehead atoms. The average Bonchev–Trinajstić information content (AvgIpc) is 2.72. The summed E-state index contributed by atoms with van der Waals surface area (Å²) >= 11 is 0. The molecule has 2 aromatic rings. The predicted molar refractivity (Wildman–Crippen MR) is 101 cm³/mol. The molecule has 0 aliphatic rings. The standard InChI is InChI=1S/C20H22N2O6/c1-13(18(23)22-20(25)21-12-14-7-5-4-6-8-14)28-16-10-9-15(19(24)27-3)11-17(16)26-2/h4-11,13H,12H2,1-3H3,(H2,21,22,23,25)/t13-/m0/s1. The van der Waals surface area contributed by atoms with Gasteiger partial charge in [0.2, 0.25) is 0 Å². The molecule has 8 heteroatoms. The highest BCUT2D eigenvalue weighted by Crippen LogP contribution is 2.29. The zero-order chi connectivity index (χ0) is 20.5. The quantitative estimate of drug-likeness (QED) is 0.708. The van der Waals surface area contributed by atoms with Crippen molar-refractivity contribution < 1.29 is 28.6 Å². The second-order valence-electron chi connectivity index (χ2n) is 5.77. The first-order valence-corrected chi connectivity index (χ1v) is 8.50. The molecule has 8 nitrogen and oxygen atoms in total. The lowest BCUT2D eigenvalue weighted by Gasteiger charge is -2.17. The van der Waals surface area contributed by atoms with Gasteiger partial charge in [0.1, 0.15) is 0 Å². The van der Waals surface area contributed by atoms with Gasteiger partial charge in [-0.3, -0.25) is 10.1 Å². The molecule has 1 atom stereocenters. The van der Waals surface area contributed by atoms with E-state index in [1.54, 1.807) is 0 Å². The monoisotopic (exact) mass is 386 g/mol. The number of benzene rings is 2. The van der Waals surface area contributed by atoms with Gasteiger partial charge in [0.05, 0.1) is 19.8 Å². The van der Waals surface area contributed by atoms with E-state index < -0.39 is 24.0 Å². The lowest BCUT2D eigenvalue weighted by molar-refractivity contribution is -0.126. The number of methoxy groups -OCH3 is 2. The van der Waals surface area contributed by atoms with E-state index in [2.05, 4.69) is 15.4 Å². The van der Waals surface area contributed by atoms with E-state index in [0.717, 1.165) is 5.56 Å². The molecule has 0 aliphatic carbocycles. The van der Waals surface area contributed by atoms with Crippen LogP contribution in [0, 0.1) is 0 Å². The van der Waals surface area contributed by atoms with E-state index in [1.807, 2.05) is 30.3 Å². The molecule has 0 fully saturated rings. The van der Waals surface area contributed by atoms with Crippen molar-refractivity contribution in [2.45, 2.75) is 19.6 Å². The lowest BCUT2D eigenvalue weighted by atomic mass is 10.2. The van der Waals surface area contributed by atoms with Crippen molar-refractivity contribution in [1.82, 2.24) is 10.6 Å². The van der Waals surface area contributed by atoms with Gasteiger partial charge in [-0.05, 0) is 30.7 Å². The first-order chi connectivity index (χ1) is 13.4. The van der Waals surface area contributed by atoms with Crippen molar-refractivity contribution >= 4 is 17.9 Å². The molecular weight excluding hydrogens is 364 g/mol. The number of carbonyl (C=O) groups is 3. The Kier molecular flexibility index (Phi) is 7.38. The molecule has 28 heavy (non-hydrogen) atoms. The Morgan fingerprint density at radius 2 is 1.71 bits per heavy atom. The summed E-state index contributed by atoms with van der Waals surface area (Å²) < 4.78 is 15.4. The van der Waals surface area contributed by atoms with Gasteiger partial charge < -0.3 is 19.5 Å². The molecule has 148 valence electrons. The lowest BCUT2D eigenvalue weighted by Crippen LogP contribution is -2.44. The van der Waals surface area contributed by atoms with Gasteiger partial charge in [0.25, 0.3) is 5.91 Å². The van der Waals surface area contributed by atoms with Crippen LogP contribution in [-0.4, -0.2) is 38.2 Å². The number of esters is 1. The smallest absolute Gasteiger partial charge is 0.337 e. The number of hydrogen-bond donors (Lipinski definition) is 2. The number of nitrogens with one attached hydrogen (secondary N) is 2. The van der Waals surface area contributed by atoms with Crippen molar-refractivity contribution in [3.63, 3.8) is 0 Å². The van der Waals surface area contributed by atoms with E-state index in [9.17, 15) is 14.4 Å². The van der Waals surface area contributed by atoms with E-state index in [0.29, 0.717) is 0 Å². The second kappa shape index (κ2) is 9.96. The third-order valence-electron chi connectivity index (χ3n) is 3.79. The molecule has 0 heterocycles. The first-order valence-electron chi connectivity index (χ1n) is 8.50. The zero-order valence-corrected chi connectivity index (χ0v) is 15.9. The van der Waals surface area contributed by atoms with Crippen molar-refractivity contribution in [3.05, 3.63) is 59.7 Å². The van der Waals surface area contributed by atoms with Crippen LogP contribution in [0.15, 0.2) is 48.5 Å². The molecule has 2 N–H and O–H groups in total. The molecule has 0 aromatic heterocycles. The Hall–Kier alpha value is -3.55. The zero-order valence-electron chi connectivity index (χ0n) is 15.9. The summed E-state index contributed by atoms with van der Waals surface area (Å²) in [6.45, 7) is 1.78. The minimum absolute atomic E-state index is 0.252. The molecule has 0 unspecified atom stereocenters. The van der Waals surface area contributed by atoms with Crippen LogP contribution in [0.1, 0.15) is 22.8 Å². The van der Waals surface area contributed by atoms with Crippen LogP contribution in [0.4, 0.5) is 4.79 Å². The van der Waals surface area contributed by atoms with Gasteiger partial charge >= 0.3 is 12.0 Å². The third-order valence-corrected chi connectivity index (χ3v) is 3.79. The topological polar surface area (TPSA) is 103 Å². The normalized spacial score (nSPS) is 11.1. The molecule has 0 spiro atoms. The number of rotatable bonds is 7. The van der Waals surface area contributed by atoms with E-state index in [-0.39, 0.29) is 23.6 Å². The van der Waals surface area contributed by atoms with E-state index >= 15 is 0 Å². The van der Waals surface area contributed by atoms with Gasteiger partial charge in [0, 0.05) is 6.54 Å². The number of hydrogen-bond acceptors (Lipinski definition) is 6. The SMILES string of the molecule is COC(=O)c1ccc(O[C@@H](C)C(=O)NC(=O)NCc2ccccc2)c(OC)c1. The highest BCUT2D eigenvalue weighted by molar-refractivity contribution is 5.96. The number of amides is 3. The van der Waals surface area contributed by atoms with E-state index in [4.69, 9.17) is 9.47 Å². The van der Waals surface area contributed by atoms with Gasteiger partial charge in [-0.15, -0.1) is 0 Å². The minimum Gasteiger partial charge on any atom is -0.493 e. The Morgan fingerprint density at radius 3 is 2.36 bits per heavy atom. The van der Waals surface area contributed by atoms with Crippen LogP contribution in [0.5, 0.6) is 11.5 Å². The first kappa shape index (κ1) is 20.8. The highest BCUT2D eigenvalue weighted by Gasteiger charge is 2.20. The molecule has 2 aromatic carbocycles. The predicted octanol–water partition coefficient (Wildman–Crippen LogP) is 2.28. The number of ether oxygens (including phenoxy) is 3. The molecule has 2 rings (SSSR count). The van der Waals surface area contributed by atoms with Gasteiger partial charge in [-0.25, -0.2) is 9.59 Å². The van der Waals surface area contributed by atoms with Gasteiger partial charge in [-0.1, -0.05) is 30.3 Å². The van der Waals surface area contributed by atoms with Gasteiger partial charge in [-0.2, -0.15) is 0 Å². The van der Waals surface area contributed by atoms with Crippen LogP contribution in [0.3, 0.4) is 0 Å². The Labute approximate surface area is 162 Å². The van der Waals surface area contributed by atoms with Crippen molar-refractivity contribution in [2.75, 3.05) is 14.2 Å². The van der Waals surface area contributed by atoms with E-state index in [1.165, 1.54) is 39.3 Å². The van der Waals surface area contributed by atoms with Crippen LogP contribution in [0.2, 0.25) is 0 Å². The second-order valence-corrected chi connectivity index (χ2v) is 5.77. The summed E-state index contributed by atoms with van der Waals surface area (Å²) in [6.07, 6.45) is -0.972. The molecule has 0 radical (unpaired) electrons. The fraction of sp³-hybridized carbons (Fsp3) is 0.250. The van der Waals surface area contributed by atoms with Crippen LogP contribution < -0.4 is 20.1 Å². The Morgan fingerprint density at radius 1 is 1.00 bits per heavy atom. The fourth-order valence-electron chi connectivity index (χ4n) is 2.29. The highest BCUT2D eigenvalue weighted by atomic mass is 16.5. The summed E-state index contributed by atoms with van der Waals surface area (Å²) in [5, 5.41) is 4.81. The minimum atomic E-state index is -0.972. The number of imide groups is 1. The maximum atomic E-state index is 12.2. The van der Waals surface area contributed by atoms with Crippen molar-refractivity contribution in [3.8, 4) is 11.5 Å². The molecule has 0 saturated heterocycles. The molecule has 3 amide bonds. The summed E-state index contributed by atoms with van der Waals surface area (Å²) in [6, 6.07) is 13.1. The molecule has 0 aliphatic heterocycles. The number of carbonyl (C=O) groups excluding carboxylic acids is 3. The molecular formula is C20H22N2O6. The molecule has 0 saturated carbocycles. The largest absolute Gasteiger partial charge is 0.493 e. The summed E-state index contributed by atoms with van der Waals surface area (Å²) in [5.41, 5.74) is 1.19. The summed E-state index contributed by atoms with van der Waals surface area (Å²) in [5.74, 6) is -0.631. The summed E-state index contributed by atoms with van der Waals surface area (Å²) in [7, 11) is 2.68. The van der Waals surface area contributed by atoms with Crippen LogP contribution in [-0.2, 0) is 16.1 Å². The van der Waals surface area contributed by atoms with Crippen LogP contribution in [0.25, 0.3) is 0 Å². The Bertz CT molecular complexity index is 838. The Balaban J connectivity index is 1.92. The van der Waals surface area contributed by atoms with Crippen molar-refractivity contribution in [2.24, 2.45) is 0 Å². The average molecular weight is 386 g/mol. The van der Waals surface area contributed by atoms with Gasteiger partial charge in [0.15, 0.2) is 17.6 Å². The van der Waals surface area contributed by atoms with Crippen molar-refractivity contribution in [1.29, 1.82) is 0 Å². The maximum absolute atomic E-state index is 12.2. The number of urea groups is 1. The third kappa shape index (κ3) is 5.73. The van der Waals surface area contributed by atoms with Crippen LogP contribution >= 0.6 is 0 Å². The summed E-state index contributed by atoms with van der Waals surface area (Å²) in [4.78, 5) is 35.6. The fourth-order valence-corrected chi connectivity index (χ4v) is 2.29. The maximum Gasteiger partial charge on any atom is 0.337 e.